The van der Waals surface area contributed by atoms with E-state index in [9.17, 15) is 19.0 Å². The Morgan fingerprint density at radius 2 is 0.917 bits per heavy atom. The fourth-order valence-corrected chi connectivity index (χ4v) is 6.96. The Morgan fingerprint density at radius 3 is 1.43 bits per heavy atom. The highest BCUT2D eigenvalue weighted by atomic mass is 31.2. The lowest BCUT2D eigenvalue weighted by Gasteiger charge is -2.28. The van der Waals surface area contributed by atoms with Crippen molar-refractivity contribution in [3.63, 3.8) is 0 Å². The topological polar surface area (TPSA) is 111 Å². The van der Waals surface area contributed by atoms with Crippen molar-refractivity contribution in [2.45, 2.75) is 200 Å². The van der Waals surface area contributed by atoms with Crippen molar-refractivity contribution in [2.24, 2.45) is 0 Å². The van der Waals surface area contributed by atoms with Crippen LogP contribution in [0.25, 0.3) is 0 Å². The summed E-state index contributed by atoms with van der Waals surface area (Å²) in [7, 11) is 1.13. The Morgan fingerprint density at radius 1 is 0.517 bits per heavy atom. The number of carbonyl (C=O) groups excluding carboxylic acids is 2. The van der Waals surface area contributed by atoms with E-state index in [4.69, 9.17) is 18.5 Å². The minimum absolute atomic E-state index is 0.0432. The molecule has 0 bridgehead atoms. The standard InChI is InChI=1S/C50H90NO8P/c1-6-8-10-12-14-16-18-20-22-24-25-27-28-30-32-34-36-38-40-42-49(52)56-46-48(47-58-60(54,55)57-45-44-51(3,4)5)59-50(53)43-41-39-37-35-33-31-29-26-23-21-19-17-15-13-11-9-7-2/h15,17,20-23,29,31,35,37,48H,6-14,16,18-19,24-28,30,32-34,36,38-47H2,1-5H3/b17-15-,22-20-,23-21-,31-29-,37-35-/t48-/m1/s1. The third kappa shape index (κ3) is 45.2. The third-order valence-corrected chi connectivity index (χ3v) is 11.0. The van der Waals surface area contributed by atoms with Crippen molar-refractivity contribution < 1.29 is 42.1 Å². The highest BCUT2D eigenvalue weighted by molar-refractivity contribution is 7.45. The van der Waals surface area contributed by atoms with E-state index in [0.717, 1.165) is 44.9 Å². The number of nitrogens with zero attached hydrogens (tertiary/aromatic N) is 1. The van der Waals surface area contributed by atoms with E-state index >= 15 is 0 Å². The number of carbonyl (C=O) groups is 2. The van der Waals surface area contributed by atoms with Crippen LogP contribution in [0.3, 0.4) is 0 Å². The Hall–Kier alpha value is -2.29. The summed E-state index contributed by atoms with van der Waals surface area (Å²) in [5.74, 6) is -0.903. The summed E-state index contributed by atoms with van der Waals surface area (Å²) in [6, 6.07) is 0. The zero-order chi connectivity index (χ0) is 44.3. The Balaban J connectivity index is 4.39. The first-order valence-electron chi connectivity index (χ1n) is 24.0. The van der Waals surface area contributed by atoms with Gasteiger partial charge < -0.3 is 27.9 Å². The maximum absolute atomic E-state index is 12.7. The van der Waals surface area contributed by atoms with E-state index in [1.54, 1.807) is 0 Å². The SMILES string of the molecule is CCCCC/C=C\C/C=C\C/C=C\C/C=C\CCCC(=O)O[C@H](COC(=O)CCCCCCCCCCC/C=C\CCCCCCCC)COP(=O)([O-])OCC[N+](C)(C)C. The minimum Gasteiger partial charge on any atom is -0.756 e. The number of rotatable bonds is 43. The van der Waals surface area contributed by atoms with Crippen molar-refractivity contribution in [1.29, 1.82) is 0 Å². The molecule has 0 radical (unpaired) electrons. The summed E-state index contributed by atoms with van der Waals surface area (Å²) in [4.78, 5) is 37.6. The van der Waals surface area contributed by atoms with Crippen molar-refractivity contribution in [1.82, 2.24) is 0 Å². The van der Waals surface area contributed by atoms with Crippen LogP contribution in [-0.4, -0.2) is 70.0 Å². The van der Waals surface area contributed by atoms with Gasteiger partial charge in [-0.2, -0.15) is 0 Å². The van der Waals surface area contributed by atoms with Crippen LogP contribution in [0.15, 0.2) is 60.8 Å². The average Bonchev–Trinajstić information content (AvgIpc) is 3.20. The van der Waals surface area contributed by atoms with Crippen molar-refractivity contribution in [3.05, 3.63) is 60.8 Å². The van der Waals surface area contributed by atoms with E-state index in [0.29, 0.717) is 23.9 Å². The fraction of sp³-hybridized carbons (Fsp3) is 0.760. The van der Waals surface area contributed by atoms with Crippen LogP contribution in [0.1, 0.15) is 194 Å². The molecule has 0 saturated carbocycles. The van der Waals surface area contributed by atoms with Crippen LogP contribution in [-0.2, 0) is 32.7 Å². The number of allylic oxidation sites excluding steroid dienone is 10. The van der Waals surface area contributed by atoms with E-state index in [1.165, 1.54) is 109 Å². The molecule has 10 heteroatoms. The number of hydrogen-bond donors (Lipinski definition) is 0. The Labute approximate surface area is 368 Å². The van der Waals surface area contributed by atoms with Crippen LogP contribution in [0, 0.1) is 0 Å². The molecule has 0 aliphatic rings. The summed E-state index contributed by atoms with van der Waals surface area (Å²) in [6.07, 6.45) is 51.1. The normalized spacial score (nSPS) is 14.0. The van der Waals surface area contributed by atoms with Gasteiger partial charge in [-0.1, -0.05) is 164 Å². The van der Waals surface area contributed by atoms with Gasteiger partial charge in [0.05, 0.1) is 27.7 Å². The number of phosphoric ester groups is 1. The average molecular weight is 864 g/mol. The molecule has 0 heterocycles. The molecule has 0 aromatic carbocycles. The molecule has 0 fully saturated rings. The van der Waals surface area contributed by atoms with E-state index < -0.39 is 32.5 Å². The van der Waals surface area contributed by atoms with Gasteiger partial charge >= 0.3 is 11.9 Å². The van der Waals surface area contributed by atoms with E-state index in [1.807, 2.05) is 27.2 Å². The first-order chi connectivity index (χ1) is 29.0. The van der Waals surface area contributed by atoms with Crippen LogP contribution in [0.5, 0.6) is 0 Å². The molecule has 1 unspecified atom stereocenters. The highest BCUT2D eigenvalue weighted by Crippen LogP contribution is 2.38. The number of esters is 2. The van der Waals surface area contributed by atoms with Crippen molar-refractivity contribution in [2.75, 3.05) is 47.5 Å². The van der Waals surface area contributed by atoms with Gasteiger partial charge in [0.25, 0.3) is 7.82 Å². The molecule has 0 aliphatic carbocycles. The molecule has 0 spiro atoms. The van der Waals surface area contributed by atoms with Gasteiger partial charge in [0.15, 0.2) is 6.10 Å². The lowest BCUT2D eigenvalue weighted by Crippen LogP contribution is -2.37. The molecular weight excluding hydrogens is 774 g/mol. The molecular formula is C50H90NO8P. The predicted molar refractivity (Wildman–Crippen MR) is 250 cm³/mol. The first-order valence-corrected chi connectivity index (χ1v) is 25.5. The third-order valence-electron chi connectivity index (χ3n) is 10.0. The second kappa shape index (κ2) is 42.0. The predicted octanol–water partition coefficient (Wildman–Crippen LogP) is 13.4. The van der Waals surface area contributed by atoms with Gasteiger partial charge in [0.1, 0.15) is 19.8 Å². The molecule has 0 amide bonds. The van der Waals surface area contributed by atoms with E-state index in [-0.39, 0.29) is 26.1 Å². The Kier molecular flexibility index (Phi) is 40.4. The van der Waals surface area contributed by atoms with Gasteiger partial charge in [-0.3, -0.25) is 14.2 Å². The monoisotopic (exact) mass is 864 g/mol. The number of phosphoric acid groups is 1. The van der Waals surface area contributed by atoms with Crippen LogP contribution >= 0.6 is 7.82 Å². The number of hydrogen-bond acceptors (Lipinski definition) is 8. The van der Waals surface area contributed by atoms with Gasteiger partial charge in [-0.15, -0.1) is 0 Å². The number of ether oxygens (including phenoxy) is 2. The molecule has 348 valence electrons. The molecule has 0 saturated heterocycles. The largest absolute Gasteiger partial charge is 0.756 e. The molecule has 60 heavy (non-hydrogen) atoms. The summed E-state index contributed by atoms with van der Waals surface area (Å²) < 4.78 is 33.9. The van der Waals surface area contributed by atoms with Crippen LogP contribution in [0.4, 0.5) is 0 Å². The highest BCUT2D eigenvalue weighted by Gasteiger charge is 2.21. The fourth-order valence-electron chi connectivity index (χ4n) is 6.23. The lowest BCUT2D eigenvalue weighted by molar-refractivity contribution is -0.870. The second-order valence-electron chi connectivity index (χ2n) is 17.1. The maximum atomic E-state index is 12.7. The lowest BCUT2D eigenvalue weighted by atomic mass is 10.1. The molecule has 0 N–H and O–H groups in total. The summed E-state index contributed by atoms with van der Waals surface area (Å²) in [6.45, 7) is 4.13. The number of quaternary nitrogens is 1. The molecule has 0 aromatic heterocycles. The number of unbranched alkanes of at least 4 members (excludes halogenated alkanes) is 19. The van der Waals surface area contributed by atoms with Gasteiger partial charge in [-0.05, 0) is 77.0 Å². The quantitative estimate of drug-likeness (QED) is 0.0196. The number of likely N-dealkylation sites (N-methyl/N-ethyl adjacent to an activating group) is 1. The minimum atomic E-state index is -4.64. The molecule has 0 aliphatic heterocycles. The van der Waals surface area contributed by atoms with Gasteiger partial charge in [0, 0.05) is 12.8 Å². The van der Waals surface area contributed by atoms with Crippen LogP contribution < -0.4 is 4.89 Å². The zero-order valence-electron chi connectivity index (χ0n) is 39.1. The Bertz CT molecular complexity index is 1210. The van der Waals surface area contributed by atoms with Crippen molar-refractivity contribution >= 4 is 19.8 Å². The second-order valence-corrected chi connectivity index (χ2v) is 18.5. The maximum Gasteiger partial charge on any atom is 0.306 e. The van der Waals surface area contributed by atoms with Crippen molar-refractivity contribution in [3.8, 4) is 0 Å². The van der Waals surface area contributed by atoms with Crippen LogP contribution in [0.2, 0.25) is 0 Å². The first kappa shape index (κ1) is 57.7. The molecule has 9 nitrogen and oxygen atoms in total. The molecule has 0 rings (SSSR count). The molecule has 2 atom stereocenters. The summed E-state index contributed by atoms with van der Waals surface area (Å²) >= 11 is 0. The smallest absolute Gasteiger partial charge is 0.306 e. The van der Waals surface area contributed by atoms with Gasteiger partial charge in [-0.25, -0.2) is 0 Å². The zero-order valence-corrected chi connectivity index (χ0v) is 40.0. The van der Waals surface area contributed by atoms with Gasteiger partial charge in [0.2, 0.25) is 0 Å². The summed E-state index contributed by atoms with van der Waals surface area (Å²) in [5.41, 5.74) is 0. The van der Waals surface area contributed by atoms with E-state index in [2.05, 4.69) is 68.5 Å². The molecule has 0 aromatic rings. The summed E-state index contributed by atoms with van der Waals surface area (Å²) in [5, 5.41) is 0.